The highest BCUT2D eigenvalue weighted by atomic mass is 15.1. The molecule has 4 nitrogen and oxygen atoms in total. The van der Waals surface area contributed by atoms with Crippen LogP contribution in [0.25, 0.3) is 0 Å². The molecule has 1 saturated carbocycles. The Hall–Kier alpha value is -1.32. The minimum Gasteiger partial charge on any atom is -0.370 e. The highest BCUT2D eigenvalue weighted by Crippen LogP contribution is 2.35. The first-order chi connectivity index (χ1) is 9.82. The molecule has 1 aromatic heterocycles. The molecular weight excluding hydrogens is 260 g/mol. The zero-order valence-electron chi connectivity index (χ0n) is 14.4. The van der Waals surface area contributed by atoms with Gasteiger partial charge in [0.2, 0.25) is 0 Å². The van der Waals surface area contributed by atoms with Crippen molar-refractivity contribution < 1.29 is 0 Å². The summed E-state index contributed by atoms with van der Waals surface area (Å²) < 4.78 is 0. The summed E-state index contributed by atoms with van der Waals surface area (Å²) >= 11 is 0. The Morgan fingerprint density at radius 2 is 1.81 bits per heavy atom. The zero-order valence-corrected chi connectivity index (χ0v) is 14.4. The van der Waals surface area contributed by atoms with Crippen LogP contribution in [0.5, 0.6) is 0 Å². The van der Waals surface area contributed by atoms with Crippen molar-refractivity contribution in [1.82, 2.24) is 9.97 Å². The third-order valence-electron chi connectivity index (χ3n) is 4.05. The molecule has 2 rings (SSSR count). The van der Waals surface area contributed by atoms with Crippen LogP contribution < -0.4 is 10.6 Å². The largest absolute Gasteiger partial charge is 0.370 e. The third kappa shape index (κ3) is 4.08. The van der Waals surface area contributed by atoms with Gasteiger partial charge in [-0.3, -0.25) is 0 Å². The van der Waals surface area contributed by atoms with Gasteiger partial charge in [-0.15, -0.1) is 0 Å². The summed E-state index contributed by atoms with van der Waals surface area (Å²) in [6.07, 6.45) is 3.77. The normalized spacial score (nSPS) is 16.7. The first kappa shape index (κ1) is 16.1. The van der Waals surface area contributed by atoms with Crippen LogP contribution in [-0.2, 0) is 5.41 Å². The molecule has 0 spiro atoms. The lowest BCUT2D eigenvalue weighted by atomic mass is 9.95. The van der Waals surface area contributed by atoms with Gasteiger partial charge >= 0.3 is 0 Å². The summed E-state index contributed by atoms with van der Waals surface area (Å²) in [6.45, 7) is 14.0. The minimum absolute atomic E-state index is 0.0460. The van der Waals surface area contributed by atoms with E-state index in [-0.39, 0.29) is 5.41 Å². The van der Waals surface area contributed by atoms with Crippen molar-refractivity contribution in [3.63, 3.8) is 0 Å². The molecule has 1 unspecified atom stereocenters. The van der Waals surface area contributed by atoms with Gasteiger partial charge in [0.1, 0.15) is 17.5 Å². The molecule has 2 N–H and O–H groups in total. The predicted octanol–water partition coefficient (Wildman–Crippen LogP) is 4.11. The number of hydrogen-bond acceptors (Lipinski definition) is 4. The smallest absolute Gasteiger partial charge is 0.138 e. The van der Waals surface area contributed by atoms with Crippen molar-refractivity contribution in [3.05, 3.63) is 11.4 Å². The van der Waals surface area contributed by atoms with Crippen molar-refractivity contribution in [2.24, 2.45) is 5.92 Å². The summed E-state index contributed by atoms with van der Waals surface area (Å²) in [7, 11) is 0. The predicted molar refractivity (Wildman–Crippen MR) is 90.1 cm³/mol. The summed E-state index contributed by atoms with van der Waals surface area (Å²) in [4.78, 5) is 9.55. The Bertz CT molecular complexity index is 486. The molecule has 1 heterocycles. The van der Waals surface area contributed by atoms with Gasteiger partial charge in [0.25, 0.3) is 0 Å². The molecule has 1 aliphatic rings. The van der Waals surface area contributed by atoms with Crippen molar-refractivity contribution >= 4 is 11.6 Å². The maximum atomic E-state index is 4.80. The highest BCUT2D eigenvalue weighted by Gasteiger charge is 2.29. The number of aromatic nitrogens is 2. The van der Waals surface area contributed by atoms with E-state index < -0.39 is 0 Å². The Morgan fingerprint density at radius 3 is 2.33 bits per heavy atom. The van der Waals surface area contributed by atoms with Crippen LogP contribution in [0.2, 0.25) is 0 Å². The average molecular weight is 290 g/mol. The summed E-state index contributed by atoms with van der Waals surface area (Å²) in [5.74, 6) is 3.68. The van der Waals surface area contributed by atoms with E-state index in [1.54, 1.807) is 0 Å². The fourth-order valence-electron chi connectivity index (χ4n) is 2.34. The molecule has 118 valence electrons. The van der Waals surface area contributed by atoms with E-state index in [4.69, 9.17) is 9.97 Å². The van der Waals surface area contributed by atoms with Crippen LogP contribution in [0.3, 0.4) is 0 Å². The van der Waals surface area contributed by atoms with E-state index in [0.717, 1.165) is 41.9 Å². The fourth-order valence-corrected chi connectivity index (χ4v) is 2.34. The van der Waals surface area contributed by atoms with E-state index in [0.29, 0.717) is 6.04 Å². The van der Waals surface area contributed by atoms with Gasteiger partial charge < -0.3 is 10.6 Å². The van der Waals surface area contributed by atoms with Crippen molar-refractivity contribution in [2.75, 3.05) is 17.2 Å². The molecule has 0 aliphatic heterocycles. The van der Waals surface area contributed by atoms with Crippen LogP contribution in [0.1, 0.15) is 65.3 Å². The molecule has 0 radical (unpaired) electrons. The van der Waals surface area contributed by atoms with E-state index in [1.165, 1.54) is 12.8 Å². The van der Waals surface area contributed by atoms with Gasteiger partial charge in [-0.05, 0) is 39.0 Å². The summed E-state index contributed by atoms with van der Waals surface area (Å²) in [6, 6.07) is 0.491. The van der Waals surface area contributed by atoms with Crippen molar-refractivity contribution in [1.29, 1.82) is 0 Å². The SMILES string of the molecule is CCCNc1nc(C(C)(C)C)nc(NC(C)C2CC2)c1C. The van der Waals surface area contributed by atoms with Crippen LogP contribution >= 0.6 is 0 Å². The molecule has 1 atom stereocenters. The molecule has 4 heteroatoms. The van der Waals surface area contributed by atoms with E-state index >= 15 is 0 Å². The van der Waals surface area contributed by atoms with Gasteiger partial charge in [0.05, 0.1) is 0 Å². The van der Waals surface area contributed by atoms with Crippen LogP contribution in [0.4, 0.5) is 11.6 Å². The van der Waals surface area contributed by atoms with Crippen LogP contribution in [-0.4, -0.2) is 22.6 Å². The number of hydrogen-bond donors (Lipinski definition) is 2. The van der Waals surface area contributed by atoms with Crippen molar-refractivity contribution in [3.8, 4) is 0 Å². The quantitative estimate of drug-likeness (QED) is 0.827. The number of nitrogens with one attached hydrogen (secondary N) is 2. The van der Waals surface area contributed by atoms with Gasteiger partial charge in [-0.2, -0.15) is 0 Å². The average Bonchev–Trinajstić information content (AvgIpc) is 3.22. The molecule has 1 fully saturated rings. The highest BCUT2D eigenvalue weighted by molar-refractivity contribution is 5.58. The molecule has 0 bridgehead atoms. The standard InChI is InChI=1S/C17H30N4/c1-7-10-18-14-11(2)15(19-12(3)13-8-9-13)21-16(20-14)17(4,5)6/h12-13H,7-10H2,1-6H3,(H2,18,19,20,21). The molecule has 1 aliphatic carbocycles. The summed E-state index contributed by atoms with van der Waals surface area (Å²) in [5, 5.41) is 7.05. The molecule has 0 saturated heterocycles. The maximum absolute atomic E-state index is 4.80. The van der Waals surface area contributed by atoms with Crippen molar-refractivity contribution in [2.45, 2.75) is 72.3 Å². The second-order valence-corrected chi connectivity index (χ2v) is 7.32. The number of anilines is 2. The van der Waals surface area contributed by atoms with Gasteiger partial charge in [0.15, 0.2) is 0 Å². The number of rotatable bonds is 6. The van der Waals surface area contributed by atoms with Gasteiger partial charge in [-0.25, -0.2) is 9.97 Å². The Balaban J connectivity index is 2.31. The second-order valence-electron chi connectivity index (χ2n) is 7.32. The third-order valence-corrected chi connectivity index (χ3v) is 4.05. The zero-order chi connectivity index (χ0) is 15.6. The lowest BCUT2D eigenvalue weighted by molar-refractivity contribution is 0.545. The molecular formula is C17H30N4. The van der Waals surface area contributed by atoms with E-state index in [1.807, 2.05) is 0 Å². The Morgan fingerprint density at radius 1 is 1.19 bits per heavy atom. The first-order valence-electron chi connectivity index (χ1n) is 8.22. The Kier molecular flexibility index (Phi) is 4.74. The second kappa shape index (κ2) is 6.20. The molecule has 1 aromatic rings. The molecule has 21 heavy (non-hydrogen) atoms. The summed E-state index contributed by atoms with van der Waals surface area (Å²) in [5.41, 5.74) is 1.08. The lowest BCUT2D eigenvalue weighted by Gasteiger charge is -2.23. The maximum Gasteiger partial charge on any atom is 0.138 e. The van der Waals surface area contributed by atoms with E-state index in [2.05, 4.69) is 52.2 Å². The monoisotopic (exact) mass is 290 g/mol. The van der Waals surface area contributed by atoms with Gasteiger partial charge in [-0.1, -0.05) is 27.7 Å². The number of nitrogens with zero attached hydrogens (tertiary/aromatic N) is 2. The van der Waals surface area contributed by atoms with Crippen LogP contribution in [0, 0.1) is 12.8 Å². The fraction of sp³-hybridized carbons (Fsp3) is 0.765. The first-order valence-corrected chi connectivity index (χ1v) is 8.22. The van der Waals surface area contributed by atoms with Crippen LogP contribution in [0.15, 0.2) is 0 Å². The van der Waals surface area contributed by atoms with Gasteiger partial charge in [0, 0.05) is 23.6 Å². The minimum atomic E-state index is -0.0460. The lowest BCUT2D eigenvalue weighted by Crippen LogP contribution is -2.23. The molecule has 0 amide bonds. The van der Waals surface area contributed by atoms with E-state index in [9.17, 15) is 0 Å². The Labute approximate surface area is 129 Å². The topological polar surface area (TPSA) is 49.8 Å². The molecule has 0 aromatic carbocycles.